The number of fused-ring (bicyclic) bond motifs is 2. The third-order valence-corrected chi connectivity index (χ3v) is 8.29. The molecule has 0 spiro atoms. The highest BCUT2D eigenvalue weighted by Gasteiger charge is 2.32. The van der Waals surface area contributed by atoms with Crippen molar-refractivity contribution in [2.45, 2.75) is 31.8 Å². The van der Waals surface area contributed by atoms with Gasteiger partial charge in [-0.25, -0.2) is 8.42 Å². The van der Waals surface area contributed by atoms with Crippen LogP contribution in [0, 0.1) is 24.0 Å². The zero-order chi connectivity index (χ0) is 26.3. The molecule has 1 N–H and O–H groups in total. The number of benzene rings is 3. The van der Waals surface area contributed by atoms with Crippen molar-refractivity contribution in [1.29, 1.82) is 0 Å². The molecular weight excluding hydrogens is 498 g/mol. The van der Waals surface area contributed by atoms with E-state index >= 15 is 0 Å². The van der Waals surface area contributed by atoms with Crippen LogP contribution in [0.4, 0.5) is 5.69 Å². The van der Waals surface area contributed by atoms with Gasteiger partial charge < -0.3 is 14.5 Å². The number of rotatable bonds is 7. The van der Waals surface area contributed by atoms with Gasteiger partial charge in [-0.3, -0.25) is 14.9 Å². The van der Waals surface area contributed by atoms with E-state index in [1.54, 1.807) is 24.3 Å². The van der Waals surface area contributed by atoms with Crippen molar-refractivity contribution in [2.75, 3.05) is 6.79 Å². The van der Waals surface area contributed by atoms with Gasteiger partial charge in [0.05, 0.1) is 10.4 Å². The quantitative estimate of drug-likeness (QED) is 0.285. The van der Waals surface area contributed by atoms with Crippen molar-refractivity contribution in [2.24, 2.45) is 0 Å². The molecule has 1 aliphatic rings. The molecule has 1 aromatic heterocycles. The average Bonchev–Trinajstić information content (AvgIpc) is 3.35. The first-order valence-electron chi connectivity index (χ1n) is 11.4. The molecule has 0 amide bonds. The number of aromatic amines is 1. The highest BCUT2D eigenvalue weighted by molar-refractivity contribution is 7.89. The minimum absolute atomic E-state index is 0.0579. The summed E-state index contributed by atoms with van der Waals surface area (Å²) in [6.45, 7) is 3.43. The lowest BCUT2D eigenvalue weighted by Crippen LogP contribution is -2.33. The van der Waals surface area contributed by atoms with Gasteiger partial charge in [-0.1, -0.05) is 30.3 Å². The van der Waals surface area contributed by atoms with Crippen molar-refractivity contribution in [3.05, 3.63) is 103 Å². The normalized spacial score (nSPS) is 12.8. The molecule has 11 heteroatoms. The largest absolute Gasteiger partial charge is 0.454 e. The fourth-order valence-corrected chi connectivity index (χ4v) is 5.88. The number of ether oxygens (including phenoxy) is 2. The molecule has 0 bridgehead atoms. The topological polar surface area (TPSA) is 132 Å². The standard InChI is InChI=1S/C26H23N3O7S/c1-16-7-9-19-12-20(26(30)27-25(19)17(16)2)14-28(13-18-8-10-22-23(11-18)36-15-35-22)37(33,34)24-6-4-3-5-21(24)29(31)32/h3-12H,13-15H2,1-2H3,(H,27,30). The Bertz CT molecular complexity index is 1710. The number of nitro groups is 1. The number of nitro benzene ring substituents is 1. The lowest BCUT2D eigenvalue weighted by Gasteiger charge is -2.22. The second-order valence-corrected chi connectivity index (χ2v) is 10.7. The Kier molecular flexibility index (Phi) is 6.18. The molecule has 37 heavy (non-hydrogen) atoms. The smallest absolute Gasteiger partial charge is 0.289 e. The van der Waals surface area contributed by atoms with Crippen molar-refractivity contribution in [3.63, 3.8) is 0 Å². The van der Waals surface area contributed by atoms with Crippen LogP contribution in [0.2, 0.25) is 0 Å². The number of nitrogens with one attached hydrogen (secondary N) is 1. The van der Waals surface area contributed by atoms with Gasteiger partial charge in [0.1, 0.15) is 0 Å². The SMILES string of the molecule is Cc1ccc2cc(CN(Cc3ccc4c(c3)OCO4)S(=O)(=O)c3ccccc3[N+](=O)[O-])c(=O)[nH]c2c1C. The van der Waals surface area contributed by atoms with Crippen LogP contribution in [-0.2, 0) is 23.1 Å². The summed E-state index contributed by atoms with van der Waals surface area (Å²) in [6, 6.07) is 15.6. The number of aromatic nitrogens is 1. The predicted octanol–water partition coefficient (Wildman–Crippen LogP) is 4.17. The molecule has 0 fully saturated rings. The monoisotopic (exact) mass is 521 g/mol. The van der Waals surface area contributed by atoms with Crippen LogP contribution in [0.1, 0.15) is 22.3 Å². The van der Waals surface area contributed by atoms with Crippen LogP contribution in [0.5, 0.6) is 11.5 Å². The summed E-state index contributed by atoms with van der Waals surface area (Å²) in [5.41, 5.74) is 2.41. The predicted molar refractivity (Wildman–Crippen MR) is 136 cm³/mol. The Morgan fingerprint density at radius 2 is 1.76 bits per heavy atom. The van der Waals surface area contributed by atoms with E-state index in [1.165, 1.54) is 18.2 Å². The van der Waals surface area contributed by atoms with E-state index < -0.39 is 31.1 Å². The Morgan fingerprint density at radius 3 is 2.54 bits per heavy atom. The molecule has 0 unspecified atom stereocenters. The molecule has 190 valence electrons. The third kappa shape index (κ3) is 4.54. The van der Waals surface area contributed by atoms with Crippen molar-refractivity contribution < 1.29 is 22.8 Å². The van der Waals surface area contributed by atoms with Crippen LogP contribution in [0.15, 0.2) is 70.4 Å². The Labute approximate surface area is 212 Å². The zero-order valence-electron chi connectivity index (χ0n) is 20.1. The number of hydrogen-bond acceptors (Lipinski definition) is 7. The minimum Gasteiger partial charge on any atom is -0.454 e. The van der Waals surface area contributed by atoms with E-state index in [0.717, 1.165) is 26.9 Å². The highest BCUT2D eigenvalue weighted by atomic mass is 32.2. The lowest BCUT2D eigenvalue weighted by atomic mass is 10.0. The van der Waals surface area contributed by atoms with E-state index in [1.807, 2.05) is 26.0 Å². The Hall–Kier alpha value is -4.22. The number of sulfonamides is 1. The summed E-state index contributed by atoms with van der Waals surface area (Å²) in [4.78, 5) is 26.4. The first kappa shape index (κ1) is 24.5. The summed E-state index contributed by atoms with van der Waals surface area (Å²) in [5, 5.41) is 12.4. The van der Waals surface area contributed by atoms with Gasteiger partial charge in [-0.15, -0.1) is 0 Å². The molecule has 0 aliphatic carbocycles. The van der Waals surface area contributed by atoms with E-state index in [9.17, 15) is 23.3 Å². The van der Waals surface area contributed by atoms with Gasteiger partial charge in [-0.2, -0.15) is 4.31 Å². The number of nitrogens with zero attached hydrogens (tertiary/aromatic N) is 2. The summed E-state index contributed by atoms with van der Waals surface area (Å²) < 4.78 is 39.5. The van der Waals surface area contributed by atoms with Gasteiger partial charge in [0.25, 0.3) is 21.3 Å². The molecule has 0 atom stereocenters. The van der Waals surface area contributed by atoms with Crippen molar-refractivity contribution in [1.82, 2.24) is 9.29 Å². The summed E-state index contributed by atoms with van der Waals surface area (Å²) in [5.74, 6) is 1.00. The van der Waals surface area contributed by atoms with Crippen LogP contribution in [-0.4, -0.2) is 29.4 Å². The molecule has 3 aromatic carbocycles. The van der Waals surface area contributed by atoms with Crippen LogP contribution in [0.3, 0.4) is 0 Å². The van der Waals surface area contributed by atoms with Crippen molar-refractivity contribution in [3.8, 4) is 11.5 Å². The molecule has 0 saturated heterocycles. The highest BCUT2D eigenvalue weighted by Crippen LogP contribution is 2.34. The number of aryl methyl sites for hydroxylation is 2. The van der Waals surface area contributed by atoms with Crippen LogP contribution >= 0.6 is 0 Å². The summed E-state index contributed by atoms with van der Waals surface area (Å²) in [6.07, 6.45) is 0. The molecular formula is C26H23N3O7S. The Morgan fingerprint density at radius 1 is 1.00 bits per heavy atom. The number of H-pyrrole nitrogens is 1. The fourth-order valence-electron chi connectivity index (χ4n) is 4.31. The Balaban J connectivity index is 1.61. The van der Waals surface area contributed by atoms with E-state index in [-0.39, 0.29) is 25.4 Å². The molecule has 5 rings (SSSR count). The van der Waals surface area contributed by atoms with Gasteiger partial charge in [0, 0.05) is 24.7 Å². The first-order valence-corrected chi connectivity index (χ1v) is 12.8. The van der Waals surface area contributed by atoms with Crippen LogP contribution in [0.25, 0.3) is 10.9 Å². The minimum atomic E-state index is -4.41. The van der Waals surface area contributed by atoms with Gasteiger partial charge >= 0.3 is 0 Å². The second-order valence-electron chi connectivity index (χ2n) is 8.78. The lowest BCUT2D eigenvalue weighted by molar-refractivity contribution is -0.387. The van der Waals surface area contributed by atoms with Gasteiger partial charge in [0.2, 0.25) is 6.79 Å². The van der Waals surface area contributed by atoms with Crippen molar-refractivity contribution >= 4 is 26.6 Å². The number of pyridine rings is 1. The molecule has 10 nitrogen and oxygen atoms in total. The maximum atomic E-state index is 13.8. The molecule has 4 aromatic rings. The summed E-state index contributed by atoms with van der Waals surface area (Å²) in [7, 11) is -4.41. The van der Waals surface area contributed by atoms with Crippen LogP contribution < -0.4 is 15.0 Å². The fraction of sp³-hybridized carbons (Fsp3) is 0.192. The van der Waals surface area contributed by atoms with E-state index in [4.69, 9.17) is 9.47 Å². The first-order chi connectivity index (χ1) is 17.6. The van der Waals surface area contributed by atoms with Gasteiger partial charge in [0.15, 0.2) is 16.4 Å². The summed E-state index contributed by atoms with van der Waals surface area (Å²) >= 11 is 0. The molecule has 0 radical (unpaired) electrons. The van der Waals surface area contributed by atoms with Gasteiger partial charge in [-0.05, 0) is 60.2 Å². The molecule has 1 aliphatic heterocycles. The number of hydrogen-bond donors (Lipinski definition) is 1. The van der Waals surface area contributed by atoms with E-state index in [0.29, 0.717) is 22.6 Å². The number of para-hydroxylation sites is 1. The zero-order valence-corrected chi connectivity index (χ0v) is 20.9. The third-order valence-electron chi connectivity index (χ3n) is 6.45. The second kappa shape index (κ2) is 9.34. The average molecular weight is 522 g/mol. The molecule has 0 saturated carbocycles. The van der Waals surface area contributed by atoms with E-state index in [2.05, 4.69) is 4.98 Å². The maximum absolute atomic E-state index is 13.8. The molecule has 2 heterocycles. The maximum Gasteiger partial charge on any atom is 0.289 e.